The summed E-state index contributed by atoms with van der Waals surface area (Å²) in [4.78, 5) is 0. The third-order valence-electron chi connectivity index (χ3n) is 12.9. The van der Waals surface area contributed by atoms with Crippen LogP contribution >= 0.6 is 11.3 Å². The Morgan fingerprint density at radius 2 is 1.02 bits per heavy atom. The third kappa shape index (κ3) is 4.61. The molecule has 0 saturated heterocycles. The molecule has 2 heterocycles. The number of furan rings is 1. The van der Waals surface area contributed by atoms with Crippen LogP contribution in [0.1, 0.15) is 22.3 Å². The molecule has 0 amide bonds. The molecule has 1 atom stereocenters. The Labute approximate surface area is 349 Å². The van der Waals surface area contributed by atoms with Crippen molar-refractivity contribution in [1.82, 2.24) is 0 Å². The largest absolute Gasteiger partial charge is 0.455 e. The maximum atomic E-state index is 16.0. The van der Waals surface area contributed by atoms with Gasteiger partial charge in [0, 0.05) is 42.1 Å². The van der Waals surface area contributed by atoms with Gasteiger partial charge in [0.05, 0.1) is 5.41 Å². The van der Waals surface area contributed by atoms with Crippen molar-refractivity contribution >= 4 is 75.0 Å². The minimum absolute atomic E-state index is 0.268. The molecule has 0 radical (unpaired) electrons. The van der Waals surface area contributed by atoms with Crippen LogP contribution in [0.2, 0.25) is 0 Å². The lowest BCUT2D eigenvalue weighted by Gasteiger charge is -2.34. The second-order valence-electron chi connectivity index (χ2n) is 16.0. The Kier molecular flexibility index (Phi) is 7.05. The number of para-hydroxylation sites is 1. The first-order chi connectivity index (χ1) is 29.6. The van der Waals surface area contributed by atoms with E-state index >= 15 is 4.39 Å². The molecule has 1 aliphatic carbocycles. The Bertz CT molecular complexity index is 3540. The molecular weight excluding hydrogens is 752 g/mol. The van der Waals surface area contributed by atoms with Crippen molar-refractivity contribution in [3.8, 4) is 33.4 Å². The fraction of sp³-hybridized carbons (Fsp3) is 0.0175. The van der Waals surface area contributed by atoms with Gasteiger partial charge < -0.3 is 4.42 Å². The Morgan fingerprint density at radius 3 is 1.73 bits per heavy atom. The zero-order valence-corrected chi connectivity index (χ0v) is 33.1. The first kappa shape index (κ1) is 33.6. The lowest BCUT2D eigenvalue weighted by Crippen LogP contribution is -2.29. The van der Waals surface area contributed by atoms with Gasteiger partial charge in [0.1, 0.15) is 17.0 Å². The number of thiophene rings is 1. The van der Waals surface area contributed by atoms with Gasteiger partial charge in [-0.1, -0.05) is 152 Å². The quantitative estimate of drug-likeness (QED) is 0.173. The number of benzene rings is 10. The Hall–Kier alpha value is -7.33. The van der Waals surface area contributed by atoms with E-state index in [1.807, 2.05) is 17.4 Å². The van der Waals surface area contributed by atoms with E-state index in [9.17, 15) is 0 Å². The van der Waals surface area contributed by atoms with E-state index in [-0.39, 0.29) is 5.82 Å². The van der Waals surface area contributed by atoms with Gasteiger partial charge in [-0.25, -0.2) is 4.39 Å². The van der Waals surface area contributed by atoms with Gasteiger partial charge >= 0.3 is 0 Å². The molecule has 13 rings (SSSR count). The van der Waals surface area contributed by atoms with Crippen LogP contribution in [0.3, 0.4) is 0 Å². The van der Waals surface area contributed by atoms with Crippen LogP contribution in [0.5, 0.6) is 0 Å². The summed E-state index contributed by atoms with van der Waals surface area (Å²) < 4.78 is 25.6. The summed E-state index contributed by atoms with van der Waals surface area (Å²) in [5, 5.41) is 9.36. The molecule has 1 nitrogen and oxygen atoms in total. The zero-order chi connectivity index (χ0) is 39.5. The van der Waals surface area contributed by atoms with Crippen LogP contribution in [0.4, 0.5) is 4.39 Å². The van der Waals surface area contributed by atoms with Crippen LogP contribution in [-0.4, -0.2) is 0 Å². The Balaban J connectivity index is 1.28. The summed E-state index contributed by atoms with van der Waals surface area (Å²) in [5.41, 5.74) is 11.6. The summed E-state index contributed by atoms with van der Waals surface area (Å²) in [6.07, 6.45) is 0. The summed E-state index contributed by atoms with van der Waals surface area (Å²) >= 11 is 1.84. The lowest BCUT2D eigenvalue weighted by molar-refractivity contribution is 0.620. The first-order valence-electron chi connectivity index (χ1n) is 20.4. The van der Waals surface area contributed by atoms with E-state index in [1.54, 1.807) is 12.1 Å². The summed E-state index contributed by atoms with van der Waals surface area (Å²) in [6.45, 7) is 0. The molecule has 2 aromatic heterocycles. The molecule has 0 bridgehead atoms. The molecule has 1 unspecified atom stereocenters. The van der Waals surface area contributed by atoms with Crippen molar-refractivity contribution in [2.24, 2.45) is 0 Å². The topological polar surface area (TPSA) is 13.1 Å². The van der Waals surface area contributed by atoms with Gasteiger partial charge in [-0.2, -0.15) is 0 Å². The van der Waals surface area contributed by atoms with Gasteiger partial charge in [0.2, 0.25) is 0 Å². The highest BCUT2D eigenvalue weighted by Crippen LogP contribution is 2.63. The number of hydrogen-bond acceptors (Lipinski definition) is 2. The normalized spacial score (nSPS) is 14.8. The highest BCUT2D eigenvalue weighted by atomic mass is 32.1. The van der Waals surface area contributed by atoms with Crippen molar-refractivity contribution in [3.63, 3.8) is 0 Å². The molecular formula is C57H33FOS. The van der Waals surface area contributed by atoms with E-state index in [4.69, 9.17) is 4.42 Å². The number of fused-ring (bicyclic) bond motifs is 13. The SMILES string of the molecule is Fc1cccc(C2(c3ccccc3)c3cc(-c4ccc5ccccc5c4)c4c(oc5ccccc54)c3-c3c2cc(-c2ccc4ccccc4c2)c2c3sc3ccccc32)c1. The fourth-order valence-electron chi connectivity index (χ4n) is 10.4. The fourth-order valence-corrected chi connectivity index (χ4v) is 11.7. The second kappa shape index (κ2) is 12.6. The van der Waals surface area contributed by atoms with Crippen LogP contribution in [0.15, 0.2) is 205 Å². The molecule has 0 spiro atoms. The molecule has 60 heavy (non-hydrogen) atoms. The Morgan fingerprint density at radius 1 is 0.433 bits per heavy atom. The highest BCUT2D eigenvalue weighted by molar-refractivity contribution is 7.26. The van der Waals surface area contributed by atoms with E-state index in [2.05, 4.69) is 182 Å². The molecule has 0 aliphatic heterocycles. The van der Waals surface area contributed by atoms with Crippen LogP contribution < -0.4 is 0 Å². The molecule has 0 N–H and O–H groups in total. The van der Waals surface area contributed by atoms with Crippen molar-refractivity contribution < 1.29 is 8.81 Å². The predicted molar refractivity (Wildman–Crippen MR) is 250 cm³/mol. The molecule has 0 saturated carbocycles. The number of halogens is 1. The van der Waals surface area contributed by atoms with Crippen LogP contribution in [-0.2, 0) is 5.41 Å². The third-order valence-corrected chi connectivity index (χ3v) is 14.1. The van der Waals surface area contributed by atoms with Gasteiger partial charge in [-0.05, 0) is 115 Å². The maximum Gasteiger partial charge on any atom is 0.144 e. The highest BCUT2D eigenvalue weighted by Gasteiger charge is 2.49. The van der Waals surface area contributed by atoms with Gasteiger partial charge in [-0.3, -0.25) is 0 Å². The number of rotatable bonds is 4. The summed E-state index contributed by atoms with van der Waals surface area (Å²) in [6, 6.07) is 70.7. The van der Waals surface area contributed by atoms with Gasteiger partial charge in [-0.15, -0.1) is 11.3 Å². The van der Waals surface area contributed by atoms with Crippen LogP contribution in [0, 0.1) is 5.82 Å². The average molecular weight is 785 g/mol. The standard InChI is InChI=1S/C57H33FOS/c58-42-20-12-19-41(31-42)57(40-17-2-1-3-18-40)47-32-45(38-27-25-34-13-4-6-15-36(34)29-38)51-43-21-8-10-23-49(43)59-55(51)53(47)54-48(57)33-46(39-28-26-35-14-5-7-16-37(35)30-39)52-44-22-9-11-24-50(44)60-56(52)54/h1-33H. The van der Waals surface area contributed by atoms with Crippen molar-refractivity contribution in [2.75, 3.05) is 0 Å². The van der Waals surface area contributed by atoms with Gasteiger partial charge in [0.25, 0.3) is 0 Å². The summed E-state index contributed by atoms with van der Waals surface area (Å²) in [5.74, 6) is -0.268. The molecule has 3 heteroatoms. The van der Waals surface area contributed by atoms with E-state index in [0.29, 0.717) is 0 Å². The monoisotopic (exact) mass is 784 g/mol. The lowest BCUT2D eigenvalue weighted by atomic mass is 9.67. The van der Waals surface area contributed by atoms with Crippen molar-refractivity contribution in [3.05, 3.63) is 228 Å². The van der Waals surface area contributed by atoms with E-state index in [1.165, 1.54) is 41.7 Å². The molecule has 10 aromatic carbocycles. The molecule has 1 aliphatic rings. The van der Waals surface area contributed by atoms with Gasteiger partial charge in [0.15, 0.2) is 0 Å². The maximum absolute atomic E-state index is 16.0. The van der Waals surface area contributed by atoms with E-state index in [0.717, 1.165) is 77.6 Å². The predicted octanol–water partition coefficient (Wildman–Crippen LogP) is 16.1. The summed E-state index contributed by atoms with van der Waals surface area (Å²) in [7, 11) is 0. The van der Waals surface area contributed by atoms with Crippen molar-refractivity contribution in [2.45, 2.75) is 5.41 Å². The zero-order valence-electron chi connectivity index (χ0n) is 32.2. The van der Waals surface area contributed by atoms with Crippen LogP contribution in [0.25, 0.3) is 97.0 Å². The van der Waals surface area contributed by atoms with E-state index < -0.39 is 5.41 Å². The molecule has 12 aromatic rings. The average Bonchev–Trinajstić information content (AvgIpc) is 3.97. The minimum atomic E-state index is -0.914. The first-order valence-corrected chi connectivity index (χ1v) is 21.2. The second-order valence-corrected chi connectivity index (χ2v) is 17.1. The van der Waals surface area contributed by atoms with Crippen molar-refractivity contribution in [1.29, 1.82) is 0 Å². The number of hydrogen-bond donors (Lipinski definition) is 0. The smallest absolute Gasteiger partial charge is 0.144 e. The molecule has 0 fully saturated rings. The molecule has 280 valence electrons. The minimum Gasteiger partial charge on any atom is -0.455 e.